The zero-order chi connectivity index (χ0) is 28.2. The van der Waals surface area contributed by atoms with E-state index in [9.17, 15) is 18.0 Å². The first kappa shape index (κ1) is 28.3. The highest BCUT2D eigenvalue weighted by Crippen LogP contribution is 2.33. The van der Waals surface area contributed by atoms with Gasteiger partial charge < -0.3 is 15.1 Å². The van der Waals surface area contributed by atoms with E-state index in [1.54, 1.807) is 6.08 Å². The summed E-state index contributed by atoms with van der Waals surface area (Å²) in [4.78, 5) is 17.0. The minimum absolute atomic E-state index is 0.0487. The van der Waals surface area contributed by atoms with Gasteiger partial charge in [-0.05, 0) is 73.1 Å². The summed E-state index contributed by atoms with van der Waals surface area (Å²) in [7, 11) is 0. The second kappa shape index (κ2) is 12.0. The Morgan fingerprint density at radius 1 is 1.05 bits per heavy atom. The number of anilines is 1. The van der Waals surface area contributed by atoms with Gasteiger partial charge in [0.05, 0.1) is 0 Å². The van der Waals surface area contributed by atoms with Crippen molar-refractivity contribution in [3.05, 3.63) is 113 Å². The van der Waals surface area contributed by atoms with E-state index in [2.05, 4.69) is 28.9 Å². The molecule has 1 N–H and O–H groups in total. The van der Waals surface area contributed by atoms with Crippen molar-refractivity contribution in [3.8, 4) is 0 Å². The molecular weight excluding hydrogens is 499 g/mol. The molecule has 0 aromatic heterocycles. The van der Waals surface area contributed by atoms with Crippen LogP contribution in [0.4, 0.5) is 18.9 Å². The largest absolute Gasteiger partial charge is 0.371 e. The van der Waals surface area contributed by atoms with E-state index < -0.39 is 11.7 Å². The Labute approximate surface area is 229 Å². The summed E-state index contributed by atoms with van der Waals surface area (Å²) in [5.74, 6) is -3.17. The maximum Gasteiger partial charge on any atom is 0.270 e. The summed E-state index contributed by atoms with van der Waals surface area (Å²) in [6.45, 7) is 10.8. The molecule has 0 aliphatic carbocycles. The van der Waals surface area contributed by atoms with E-state index in [4.69, 9.17) is 0 Å². The predicted octanol–water partition coefficient (Wildman–Crippen LogP) is 7.68. The SMILES string of the molecule is C=C1C=CC(F)=CN1/C(C(=O)NCc1ccc(N2CCC(c3ccc(C(C)(F)F)cc3)CC2)cc1)=C(\C)CC. The molecule has 0 saturated carbocycles. The fourth-order valence-corrected chi connectivity index (χ4v) is 5.00. The molecule has 1 fully saturated rings. The number of rotatable bonds is 8. The van der Waals surface area contributed by atoms with E-state index in [1.165, 1.54) is 29.3 Å². The van der Waals surface area contributed by atoms with E-state index >= 15 is 0 Å². The van der Waals surface area contributed by atoms with Crippen LogP contribution < -0.4 is 10.2 Å². The van der Waals surface area contributed by atoms with Crippen LogP contribution >= 0.6 is 0 Å². The molecule has 7 heteroatoms. The number of nitrogens with one attached hydrogen (secondary N) is 1. The second-order valence-corrected chi connectivity index (χ2v) is 10.3. The topological polar surface area (TPSA) is 35.6 Å². The zero-order valence-electron chi connectivity index (χ0n) is 22.8. The molecule has 0 bridgehead atoms. The lowest BCUT2D eigenvalue weighted by molar-refractivity contribution is -0.118. The van der Waals surface area contributed by atoms with Gasteiger partial charge in [0.2, 0.25) is 0 Å². The summed E-state index contributed by atoms with van der Waals surface area (Å²) < 4.78 is 40.9. The fourth-order valence-electron chi connectivity index (χ4n) is 5.00. The van der Waals surface area contributed by atoms with Crippen LogP contribution in [0.15, 0.2) is 96.3 Å². The van der Waals surface area contributed by atoms with Crippen molar-refractivity contribution in [1.29, 1.82) is 0 Å². The van der Waals surface area contributed by atoms with Crippen LogP contribution in [0.3, 0.4) is 0 Å². The van der Waals surface area contributed by atoms with Gasteiger partial charge in [-0.1, -0.05) is 49.9 Å². The normalized spacial score (nSPS) is 17.2. The van der Waals surface area contributed by atoms with Gasteiger partial charge >= 0.3 is 0 Å². The van der Waals surface area contributed by atoms with Crippen molar-refractivity contribution in [2.75, 3.05) is 18.0 Å². The molecule has 0 radical (unpaired) electrons. The van der Waals surface area contributed by atoms with Crippen LogP contribution in [0.25, 0.3) is 0 Å². The maximum absolute atomic E-state index is 13.9. The number of amides is 1. The van der Waals surface area contributed by atoms with E-state index in [-0.39, 0.29) is 11.5 Å². The van der Waals surface area contributed by atoms with Gasteiger partial charge in [0.25, 0.3) is 11.8 Å². The minimum Gasteiger partial charge on any atom is -0.371 e. The Morgan fingerprint density at radius 2 is 1.69 bits per heavy atom. The highest BCUT2D eigenvalue weighted by molar-refractivity contribution is 5.94. The lowest BCUT2D eigenvalue weighted by Crippen LogP contribution is -2.33. The van der Waals surface area contributed by atoms with Crippen molar-refractivity contribution >= 4 is 11.6 Å². The van der Waals surface area contributed by atoms with Gasteiger partial charge in [-0.2, -0.15) is 0 Å². The number of piperidine rings is 1. The lowest BCUT2D eigenvalue weighted by Gasteiger charge is -2.34. The number of halogens is 3. The van der Waals surface area contributed by atoms with Gasteiger partial charge in [0.15, 0.2) is 0 Å². The van der Waals surface area contributed by atoms with Crippen LogP contribution in [0.2, 0.25) is 0 Å². The van der Waals surface area contributed by atoms with Crippen molar-refractivity contribution in [2.45, 2.75) is 58.4 Å². The summed E-state index contributed by atoms with van der Waals surface area (Å²) in [6.07, 6.45) is 6.72. The third-order valence-corrected chi connectivity index (χ3v) is 7.53. The van der Waals surface area contributed by atoms with Crippen LogP contribution in [0.5, 0.6) is 0 Å². The highest BCUT2D eigenvalue weighted by atomic mass is 19.3. The third-order valence-electron chi connectivity index (χ3n) is 7.53. The first-order valence-electron chi connectivity index (χ1n) is 13.4. The standard InChI is InChI=1S/C32H36F3N3O/c1-5-22(2)30(38-21-28(33)13-6-23(38)3)31(39)36-20-24-7-14-29(15-8-24)37-18-16-26(17-19-37)25-9-11-27(12-10-25)32(4,34)35/h6-15,21,26H,3,5,16-20H2,1-2,4H3,(H,36,39)/b30-22+. The number of allylic oxidation sites excluding steroid dienone is 4. The molecule has 2 heterocycles. The van der Waals surface area contributed by atoms with E-state index in [0.717, 1.165) is 55.2 Å². The number of hydrogen-bond acceptors (Lipinski definition) is 3. The number of carbonyl (C=O) groups is 1. The fraction of sp³-hybridized carbons (Fsp3) is 0.344. The number of nitrogens with zero attached hydrogens (tertiary/aromatic N) is 2. The molecule has 0 spiro atoms. The van der Waals surface area contributed by atoms with Gasteiger partial charge in [0, 0.05) is 49.7 Å². The van der Waals surface area contributed by atoms with Crippen LogP contribution in [-0.2, 0) is 17.3 Å². The molecule has 4 nitrogen and oxygen atoms in total. The summed E-state index contributed by atoms with van der Waals surface area (Å²) in [5.41, 5.74) is 4.99. The average molecular weight is 536 g/mol. The molecule has 4 rings (SSSR count). The van der Waals surface area contributed by atoms with Gasteiger partial charge in [-0.15, -0.1) is 0 Å². The molecule has 2 aliphatic heterocycles. The molecular formula is C32H36F3N3O. The minimum atomic E-state index is -2.82. The molecule has 39 heavy (non-hydrogen) atoms. The summed E-state index contributed by atoms with van der Waals surface area (Å²) in [6, 6.07) is 14.9. The highest BCUT2D eigenvalue weighted by Gasteiger charge is 2.26. The predicted molar refractivity (Wildman–Crippen MR) is 151 cm³/mol. The maximum atomic E-state index is 13.9. The summed E-state index contributed by atoms with van der Waals surface area (Å²) >= 11 is 0. The number of hydrogen-bond donors (Lipinski definition) is 1. The van der Waals surface area contributed by atoms with Crippen LogP contribution in [0.1, 0.15) is 62.6 Å². The quantitative estimate of drug-likeness (QED) is 0.352. The Kier molecular flexibility index (Phi) is 8.68. The number of carbonyl (C=O) groups excluding carboxylic acids is 1. The lowest BCUT2D eigenvalue weighted by atomic mass is 9.88. The molecule has 1 amide bonds. The Morgan fingerprint density at radius 3 is 2.28 bits per heavy atom. The first-order chi connectivity index (χ1) is 18.6. The van der Waals surface area contributed by atoms with Gasteiger partial charge in [-0.25, -0.2) is 13.2 Å². The monoisotopic (exact) mass is 535 g/mol. The number of benzene rings is 2. The van der Waals surface area contributed by atoms with Crippen LogP contribution in [0, 0.1) is 0 Å². The molecule has 2 aromatic rings. The van der Waals surface area contributed by atoms with Crippen molar-refractivity contribution in [2.24, 2.45) is 0 Å². The molecule has 0 atom stereocenters. The smallest absolute Gasteiger partial charge is 0.270 e. The molecule has 206 valence electrons. The second-order valence-electron chi connectivity index (χ2n) is 10.3. The van der Waals surface area contributed by atoms with Gasteiger partial charge in [0.1, 0.15) is 11.5 Å². The summed E-state index contributed by atoms with van der Waals surface area (Å²) in [5, 5.41) is 2.97. The first-order valence-corrected chi connectivity index (χ1v) is 13.4. The molecule has 2 aliphatic rings. The number of alkyl halides is 2. The van der Waals surface area contributed by atoms with Gasteiger partial charge in [-0.3, -0.25) is 4.79 Å². The zero-order valence-corrected chi connectivity index (χ0v) is 22.8. The van der Waals surface area contributed by atoms with Crippen molar-refractivity contribution in [3.63, 3.8) is 0 Å². The van der Waals surface area contributed by atoms with Crippen molar-refractivity contribution in [1.82, 2.24) is 10.2 Å². The molecule has 1 saturated heterocycles. The Bertz CT molecular complexity index is 1280. The van der Waals surface area contributed by atoms with E-state index in [0.29, 0.717) is 30.3 Å². The van der Waals surface area contributed by atoms with Crippen LogP contribution in [-0.4, -0.2) is 23.9 Å². The molecule has 0 unspecified atom stereocenters. The molecule has 2 aromatic carbocycles. The van der Waals surface area contributed by atoms with Crippen molar-refractivity contribution < 1.29 is 18.0 Å². The average Bonchev–Trinajstić information content (AvgIpc) is 2.94. The third kappa shape index (κ3) is 6.83. The Balaban J connectivity index is 1.33. The Hall–Kier alpha value is -3.74. The van der Waals surface area contributed by atoms with E-state index in [1.807, 2.05) is 38.1 Å².